The predicted octanol–water partition coefficient (Wildman–Crippen LogP) is 2.92. The average Bonchev–Trinajstić information content (AvgIpc) is 3.84. The summed E-state index contributed by atoms with van der Waals surface area (Å²) in [7, 11) is 0. The van der Waals surface area contributed by atoms with Crippen LogP contribution in [0.3, 0.4) is 0 Å². The summed E-state index contributed by atoms with van der Waals surface area (Å²) in [5.41, 5.74) is 1.09. The lowest BCUT2D eigenvalue weighted by Crippen LogP contribution is -2.50. The number of nitrogens with one attached hydrogen (secondary N) is 1. The second-order valence-corrected chi connectivity index (χ2v) is 10.7. The lowest BCUT2D eigenvalue weighted by molar-refractivity contribution is -0.164. The molecule has 1 aliphatic carbocycles. The van der Waals surface area contributed by atoms with E-state index < -0.39 is 54.8 Å². The summed E-state index contributed by atoms with van der Waals surface area (Å²) in [6, 6.07) is 12.7. The molecule has 3 unspecified atom stereocenters. The van der Waals surface area contributed by atoms with Gasteiger partial charge < -0.3 is 29.8 Å². The zero-order chi connectivity index (χ0) is 32.5. The minimum Gasteiger partial charge on any atom is -0.459 e. The number of aromatic nitrogens is 2. The van der Waals surface area contributed by atoms with E-state index in [9.17, 15) is 29.4 Å². The highest BCUT2D eigenvalue weighted by Gasteiger charge is 2.48. The van der Waals surface area contributed by atoms with E-state index in [0.29, 0.717) is 18.2 Å². The summed E-state index contributed by atoms with van der Waals surface area (Å²) in [6.07, 6.45) is 0.00400. The number of carbonyl (C=O) groups is 4. The third kappa shape index (κ3) is 8.74. The molecule has 45 heavy (non-hydrogen) atoms. The van der Waals surface area contributed by atoms with Crippen molar-refractivity contribution in [2.45, 2.75) is 44.2 Å². The number of aryl methyl sites for hydroxylation is 1. The molecule has 1 aromatic carbocycles. The van der Waals surface area contributed by atoms with Gasteiger partial charge in [-0.2, -0.15) is 0 Å². The van der Waals surface area contributed by atoms with Crippen LogP contribution in [0, 0.1) is 24.2 Å². The van der Waals surface area contributed by atoms with Gasteiger partial charge in [0, 0.05) is 42.5 Å². The standard InChI is InChI=1S/C33H33N3O9/c1-19-6-3-7-21(12-19)33(42)45-30(29(39)26(37)18-43-32(41)23-9-5-11-36-17-23)27(44-31(40)20(2)15-34)14-24-13-25(24)28(38)22-8-4-10-35-16-22/h3-12,15-17,24-27,29-30,34,37,39H,2,13-14,18H2,1H3/t24?,25?,26-,27-,29-,30?/m1/s1. The molecule has 12 heteroatoms. The Bertz CT molecular complexity index is 1550. The number of carbonyl (C=O) groups excluding carboxylic acids is 4. The van der Waals surface area contributed by atoms with Gasteiger partial charge in [0.1, 0.15) is 24.9 Å². The van der Waals surface area contributed by atoms with Gasteiger partial charge in [-0.1, -0.05) is 24.3 Å². The fourth-order valence-corrected chi connectivity index (χ4v) is 4.75. The molecule has 2 aromatic heterocycles. The molecular formula is C33H33N3O9. The summed E-state index contributed by atoms with van der Waals surface area (Å²) in [5, 5.41) is 29.6. The molecule has 12 nitrogen and oxygen atoms in total. The molecule has 1 fully saturated rings. The normalized spacial score (nSPS) is 17.9. The number of esters is 3. The molecule has 1 saturated carbocycles. The minimum absolute atomic E-state index is 0.0430. The van der Waals surface area contributed by atoms with E-state index >= 15 is 0 Å². The van der Waals surface area contributed by atoms with Crippen LogP contribution in [-0.4, -0.2) is 81.1 Å². The van der Waals surface area contributed by atoms with Crippen LogP contribution >= 0.6 is 0 Å². The number of pyridine rings is 2. The first kappa shape index (κ1) is 32.8. The van der Waals surface area contributed by atoms with Gasteiger partial charge in [-0.3, -0.25) is 14.8 Å². The highest BCUT2D eigenvalue weighted by Crippen LogP contribution is 2.45. The largest absolute Gasteiger partial charge is 0.459 e. The number of hydrogen-bond donors (Lipinski definition) is 3. The summed E-state index contributed by atoms with van der Waals surface area (Å²) >= 11 is 0. The fraction of sp³-hybridized carbons (Fsp3) is 0.303. The van der Waals surface area contributed by atoms with E-state index in [0.717, 1.165) is 5.56 Å². The summed E-state index contributed by atoms with van der Waals surface area (Å²) < 4.78 is 16.4. The van der Waals surface area contributed by atoms with Crippen molar-refractivity contribution in [1.82, 2.24) is 9.97 Å². The summed E-state index contributed by atoms with van der Waals surface area (Å²) in [4.78, 5) is 59.3. The zero-order valence-electron chi connectivity index (χ0n) is 24.4. The van der Waals surface area contributed by atoms with Crippen molar-refractivity contribution >= 4 is 29.9 Å². The fourth-order valence-electron chi connectivity index (χ4n) is 4.75. The van der Waals surface area contributed by atoms with Gasteiger partial charge in [-0.05, 0) is 62.1 Å². The Kier molecular flexibility index (Phi) is 11.0. The molecule has 0 spiro atoms. The maximum absolute atomic E-state index is 13.3. The maximum Gasteiger partial charge on any atom is 0.339 e. The SMILES string of the molecule is C=C(C=N)C(=O)O[C@H](CC1CC1C(=O)c1cccnc1)C(OC(=O)c1cccc(C)c1)[C@H](O)[C@H](O)COC(=O)c1cccnc1. The average molecular weight is 616 g/mol. The van der Waals surface area contributed by atoms with Crippen LogP contribution in [0.1, 0.15) is 49.5 Å². The molecule has 3 N–H and O–H groups in total. The van der Waals surface area contributed by atoms with Gasteiger partial charge >= 0.3 is 17.9 Å². The van der Waals surface area contributed by atoms with E-state index in [1.165, 1.54) is 36.8 Å². The number of aliphatic hydroxyl groups excluding tert-OH is 2. The highest BCUT2D eigenvalue weighted by molar-refractivity contribution is 6.07. The minimum atomic E-state index is -1.92. The molecule has 0 amide bonds. The molecule has 234 valence electrons. The van der Waals surface area contributed by atoms with Crippen LogP contribution in [0.4, 0.5) is 0 Å². The Morgan fingerprint density at radius 1 is 0.978 bits per heavy atom. The molecule has 4 rings (SSSR count). The van der Waals surface area contributed by atoms with Crippen molar-refractivity contribution in [1.29, 1.82) is 5.41 Å². The maximum atomic E-state index is 13.3. The van der Waals surface area contributed by atoms with Gasteiger partial charge in [0.15, 0.2) is 11.9 Å². The second kappa shape index (κ2) is 15.1. The number of aliphatic hydroxyl groups is 2. The van der Waals surface area contributed by atoms with E-state index in [1.54, 1.807) is 43.5 Å². The molecule has 6 atom stereocenters. The summed E-state index contributed by atoms with van der Waals surface area (Å²) in [6.45, 7) is 4.54. The first-order chi connectivity index (χ1) is 21.6. The van der Waals surface area contributed by atoms with Crippen molar-refractivity contribution in [2.75, 3.05) is 6.61 Å². The molecule has 3 aromatic rings. The first-order valence-corrected chi connectivity index (χ1v) is 14.1. The number of Topliss-reactive ketones (excluding diaryl/α,β-unsaturated/α-hetero) is 1. The van der Waals surface area contributed by atoms with Gasteiger partial charge in [0.25, 0.3) is 0 Å². The van der Waals surface area contributed by atoms with E-state index in [2.05, 4.69) is 16.5 Å². The number of hydrogen-bond acceptors (Lipinski definition) is 12. The molecule has 1 aliphatic rings. The molecular weight excluding hydrogens is 582 g/mol. The topological polar surface area (TPSA) is 186 Å². The summed E-state index contributed by atoms with van der Waals surface area (Å²) in [5.74, 6) is -3.67. The predicted molar refractivity (Wildman–Crippen MR) is 160 cm³/mol. The third-order valence-corrected chi connectivity index (χ3v) is 7.31. The lowest BCUT2D eigenvalue weighted by atomic mass is 9.96. The van der Waals surface area contributed by atoms with Crippen molar-refractivity contribution < 1.29 is 43.6 Å². The van der Waals surface area contributed by atoms with Crippen LogP contribution in [-0.2, 0) is 19.0 Å². The van der Waals surface area contributed by atoms with Gasteiger partial charge in [0.05, 0.1) is 16.7 Å². The Balaban J connectivity index is 1.59. The number of ketones is 1. The van der Waals surface area contributed by atoms with E-state index in [-0.39, 0.29) is 34.8 Å². The smallest absolute Gasteiger partial charge is 0.339 e. The van der Waals surface area contributed by atoms with E-state index in [1.807, 2.05) is 0 Å². The molecule has 0 aliphatic heterocycles. The van der Waals surface area contributed by atoms with Crippen molar-refractivity contribution in [3.05, 3.63) is 108 Å². The van der Waals surface area contributed by atoms with Crippen LogP contribution in [0.25, 0.3) is 0 Å². The Hall–Kier alpha value is -5.07. The monoisotopic (exact) mass is 615 g/mol. The van der Waals surface area contributed by atoms with Gasteiger partial charge in [0.2, 0.25) is 0 Å². The second-order valence-electron chi connectivity index (χ2n) is 10.7. The van der Waals surface area contributed by atoms with Crippen molar-refractivity contribution in [3.8, 4) is 0 Å². The molecule has 0 saturated heterocycles. The zero-order valence-corrected chi connectivity index (χ0v) is 24.4. The molecule has 0 bridgehead atoms. The van der Waals surface area contributed by atoms with Crippen LogP contribution in [0.5, 0.6) is 0 Å². The quantitative estimate of drug-likeness (QED) is 0.0750. The molecule has 0 radical (unpaired) electrons. The van der Waals surface area contributed by atoms with Gasteiger partial charge in [-0.15, -0.1) is 0 Å². The Labute approximate surface area is 259 Å². The third-order valence-electron chi connectivity index (χ3n) is 7.31. The van der Waals surface area contributed by atoms with Gasteiger partial charge in [-0.25, -0.2) is 14.4 Å². The number of benzene rings is 1. The van der Waals surface area contributed by atoms with Crippen molar-refractivity contribution in [2.24, 2.45) is 11.8 Å². The number of ether oxygens (including phenoxy) is 3. The first-order valence-electron chi connectivity index (χ1n) is 14.1. The Morgan fingerprint density at radius 3 is 2.27 bits per heavy atom. The van der Waals surface area contributed by atoms with Crippen LogP contribution < -0.4 is 0 Å². The number of rotatable bonds is 15. The number of nitrogens with zero attached hydrogens (tertiary/aromatic N) is 2. The van der Waals surface area contributed by atoms with Crippen LogP contribution in [0.2, 0.25) is 0 Å². The van der Waals surface area contributed by atoms with Crippen molar-refractivity contribution in [3.63, 3.8) is 0 Å². The Morgan fingerprint density at radius 2 is 1.64 bits per heavy atom. The molecule has 2 heterocycles. The van der Waals surface area contributed by atoms with Crippen LogP contribution in [0.15, 0.2) is 85.5 Å². The van der Waals surface area contributed by atoms with E-state index in [4.69, 9.17) is 19.6 Å². The highest BCUT2D eigenvalue weighted by atomic mass is 16.6. The lowest BCUT2D eigenvalue weighted by Gasteiger charge is -2.32.